The second-order valence-electron chi connectivity index (χ2n) is 14.2. The zero-order valence-electron chi connectivity index (χ0n) is 21.6. The van der Waals surface area contributed by atoms with Crippen LogP contribution in [-0.2, 0) is 0 Å². The van der Waals surface area contributed by atoms with Gasteiger partial charge in [0.2, 0.25) is 0 Å². The standard InChI is InChI=1S/C30H48O2/c1-19(2)20-10-15-30(18-31)17-16-28(6)21(25(20)30)8-9-23-27(5)13-12-24(32)26(3,4)22(27)11-14-29(23,28)7/h12-13,20-25,31-32H,1,8-11,14-18H2,2-7H3/t20-,21+,22-,23+,24-,25+,27-,28+,29+,30+/m0/s1. The fraction of sp³-hybridized carbons (Fsp3) is 0.867. The van der Waals surface area contributed by atoms with Crippen LogP contribution in [0.3, 0.4) is 0 Å². The molecule has 0 aromatic rings. The van der Waals surface area contributed by atoms with Gasteiger partial charge < -0.3 is 10.2 Å². The van der Waals surface area contributed by atoms with Gasteiger partial charge in [0.1, 0.15) is 0 Å². The Morgan fingerprint density at radius 3 is 2.28 bits per heavy atom. The van der Waals surface area contributed by atoms with Gasteiger partial charge in [-0.3, -0.25) is 0 Å². The van der Waals surface area contributed by atoms with Crippen LogP contribution in [0.4, 0.5) is 0 Å². The maximum Gasteiger partial charge on any atom is 0.0774 e. The molecular weight excluding hydrogens is 392 g/mol. The van der Waals surface area contributed by atoms with Crippen LogP contribution in [0, 0.1) is 56.7 Å². The predicted molar refractivity (Wildman–Crippen MR) is 132 cm³/mol. The minimum atomic E-state index is -0.327. The van der Waals surface area contributed by atoms with Gasteiger partial charge in [0.25, 0.3) is 0 Å². The number of hydrogen-bond acceptors (Lipinski definition) is 2. The molecule has 0 aromatic carbocycles. The van der Waals surface area contributed by atoms with Gasteiger partial charge in [0, 0.05) is 6.61 Å². The first kappa shape index (κ1) is 23.2. The van der Waals surface area contributed by atoms with Crippen molar-refractivity contribution in [2.24, 2.45) is 56.7 Å². The summed E-state index contributed by atoms with van der Waals surface area (Å²) in [6.07, 6.45) is 14.2. The molecule has 32 heavy (non-hydrogen) atoms. The van der Waals surface area contributed by atoms with E-state index in [4.69, 9.17) is 0 Å². The minimum Gasteiger partial charge on any atom is -0.396 e. The zero-order chi connectivity index (χ0) is 23.3. The molecule has 0 amide bonds. The van der Waals surface area contributed by atoms with Crippen LogP contribution >= 0.6 is 0 Å². The van der Waals surface area contributed by atoms with Crippen molar-refractivity contribution in [3.8, 4) is 0 Å². The molecule has 5 rings (SSSR count). The molecule has 2 N–H and O–H groups in total. The average Bonchev–Trinajstić information content (AvgIpc) is 3.12. The lowest BCUT2D eigenvalue weighted by molar-refractivity contribution is -0.226. The Morgan fingerprint density at radius 2 is 1.62 bits per heavy atom. The highest BCUT2D eigenvalue weighted by Crippen LogP contribution is 2.76. The van der Waals surface area contributed by atoms with Crippen LogP contribution in [0.1, 0.15) is 92.9 Å². The first-order chi connectivity index (χ1) is 14.9. The molecule has 0 aromatic heterocycles. The molecule has 0 bridgehead atoms. The summed E-state index contributed by atoms with van der Waals surface area (Å²) in [5.74, 6) is 3.10. The van der Waals surface area contributed by atoms with Crippen LogP contribution in [-0.4, -0.2) is 22.9 Å². The maximum atomic E-state index is 10.8. The Hall–Kier alpha value is -0.600. The lowest BCUT2D eigenvalue weighted by Crippen LogP contribution is -2.66. The summed E-state index contributed by atoms with van der Waals surface area (Å²) in [7, 11) is 0. The van der Waals surface area contributed by atoms with Gasteiger partial charge in [0.05, 0.1) is 6.10 Å². The first-order valence-corrected chi connectivity index (χ1v) is 13.5. The number of rotatable bonds is 2. The molecule has 10 atom stereocenters. The smallest absolute Gasteiger partial charge is 0.0774 e. The van der Waals surface area contributed by atoms with E-state index in [0.717, 1.165) is 0 Å². The molecule has 0 heterocycles. The summed E-state index contributed by atoms with van der Waals surface area (Å²) in [4.78, 5) is 0. The van der Waals surface area contributed by atoms with Gasteiger partial charge in [-0.2, -0.15) is 0 Å². The third-order valence-electron chi connectivity index (χ3n) is 13.0. The lowest BCUT2D eigenvalue weighted by Gasteiger charge is -2.72. The highest BCUT2D eigenvalue weighted by Gasteiger charge is 2.70. The molecule has 0 saturated heterocycles. The lowest BCUT2D eigenvalue weighted by atomic mass is 9.33. The van der Waals surface area contributed by atoms with Gasteiger partial charge in [0.15, 0.2) is 0 Å². The monoisotopic (exact) mass is 440 g/mol. The average molecular weight is 441 g/mol. The number of aliphatic hydroxyl groups excluding tert-OH is 2. The third kappa shape index (κ3) is 2.61. The van der Waals surface area contributed by atoms with E-state index in [9.17, 15) is 10.2 Å². The van der Waals surface area contributed by atoms with Gasteiger partial charge in [-0.25, -0.2) is 0 Å². The molecular formula is C30H48O2. The Morgan fingerprint density at radius 1 is 0.906 bits per heavy atom. The summed E-state index contributed by atoms with van der Waals surface area (Å²) in [5, 5.41) is 21.4. The molecule has 2 nitrogen and oxygen atoms in total. The SMILES string of the molecule is C=C(C)[C@@H]1CC[C@]2(CO)CC[C@]3(C)[C@H](CC[C@@H]4[C@@]5(C)C=C[C@H](O)C(C)(C)[C@@H]5CC[C@]43C)[C@@H]12. The van der Waals surface area contributed by atoms with Crippen LogP contribution in [0.5, 0.6) is 0 Å². The Kier molecular flexibility index (Phi) is 5.04. The minimum absolute atomic E-state index is 0.0578. The van der Waals surface area contributed by atoms with E-state index >= 15 is 0 Å². The van der Waals surface area contributed by atoms with Crippen molar-refractivity contribution in [2.45, 2.75) is 99.0 Å². The number of hydrogen-bond donors (Lipinski definition) is 2. The van der Waals surface area contributed by atoms with Crippen LogP contribution in [0.25, 0.3) is 0 Å². The molecule has 2 heteroatoms. The molecule has 0 spiro atoms. The second kappa shape index (κ2) is 6.97. The third-order valence-corrected chi connectivity index (χ3v) is 13.0. The molecule has 4 saturated carbocycles. The molecule has 0 aliphatic heterocycles. The van der Waals surface area contributed by atoms with Crippen molar-refractivity contribution in [1.82, 2.24) is 0 Å². The summed E-state index contributed by atoms with van der Waals surface area (Å²) in [6.45, 7) is 19.4. The van der Waals surface area contributed by atoms with Gasteiger partial charge in [-0.1, -0.05) is 58.9 Å². The predicted octanol–water partition coefficient (Wildman–Crippen LogP) is 6.77. The summed E-state index contributed by atoms with van der Waals surface area (Å²) >= 11 is 0. The highest BCUT2D eigenvalue weighted by molar-refractivity contribution is 5.25. The van der Waals surface area contributed by atoms with Crippen molar-refractivity contribution in [3.63, 3.8) is 0 Å². The normalized spacial score (nSPS) is 56.0. The largest absolute Gasteiger partial charge is 0.396 e. The second-order valence-corrected chi connectivity index (χ2v) is 14.2. The van der Waals surface area contributed by atoms with Crippen molar-refractivity contribution in [3.05, 3.63) is 24.3 Å². The quantitative estimate of drug-likeness (QED) is 0.465. The molecule has 180 valence electrons. The van der Waals surface area contributed by atoms with Crippen LogP contribution in [0.2, 0.25) is 0 Å². The van der Waals surface area contributed by atoms with Crippen molar-refractivity contribution in [1.29, 1.82) is 0 Å². The summed E-state index contributed by atoms with van der Waals surface area (Å²) in [6, 6.07) is 0. The van der Waals surface area contributed by atoms with Crippen LogP contribution < -0.4 is 0 Å². The summed E-state index contributed by atoms with van der Waals surface area (Å²) in [5.41, 5.74) is 2.22. The van der Waals surface area contributed by atoms with Gasteiger partial charge >= 0.3 is 0 Å². The zero-order valence-corrected chi connectivity index (χ0v) is 21.6. The highest BCUT2D eigenvalue weighted by atomic mass is 16.3. The van der Waals surface area contributed by atoms with E-state index in [1.54, 1.807) is 0 Å². The molecule has 4 fully saturated rings. The van der Waals surface area contributed by atoms with E-state index in [2.05, 4.69) is 60.3 Å². The number of allylic oxidation sites excluding steroid dienone is 2. The first-order valence-electron chi connectivity index (χ1n) is 13.5. The van der Waals surface area contributed by atoms with E-state index in [1.165, 1.54) is 56.9 Å². The maximum absolute atomic E-state index is 10.8. The molecule has 0 unspecified atom stereocenters. The van der Waals surface area contributed by atoms with Crippen molar-refractivity contribution in [2.75, 3.05) is 6.61 Å². The van der Waals surface area contributed by atoms with E-state index in [0.29, 0.717) is 47.0 Å². The Labute approximate surface area is 197 Å². The number of aliphatic hydroxyl groups is 2. The van der Waals surface area contributed by atoms with E-state index in [1.807, 2.05) is 0 Å². The summed E-state index contributed by atoms with van der Waals surface area (Å²) < 4.78 is 0. The fourth-order valence-electron chi connectivity index (χ4n) is 11.0. The van der Waals surface area contributed by atoms with E-state index < -0.39 is 0 Å². The Bertz CT molecular complexity index is 827. The fourth-order valence-corrected chi connectivity index (χ4v) is 11.0. The molecule has 5 aliphatic carbocycles. The van der Waals surface area contributed by atoms with Gasteiger partial charge in [-0.15, -0.1) is 0 Å². The van der Waals surface area contributed by atoms with Gasteiger partial charge in [-0.05, 0) is 115 Å². The van der Waals surface area contributed by atoms with Crippen molar-refractivity contribution >= 4 is 0 Å². The number of fused-ring (bicyclic) bond motifs is 7. The topological polar surface area (TPSA) is 40.5 Å². The van der Waals surface area contributed by atoms with Crippen molar-refractivity contribution < 1.29 is 10.2 Å². The van der Waals surface area contributed by atoms with Crippen LogP contribution in [0.15, 0.2) is 24.3 Å². The molecule has 0 radical (unpaired) electrons. The van der Waals surface area contributed by atoms with E-state index in [-0.39, 0.29) is 22.3 Å². The molecule has 5 aliphatic rings. The Balaban J connectivity index is 1.57.